The van der Waals surface area contributed by atoms with Crippen molar-refractivity contribution in [1.29, 1.82) is 0 Å². The van der Waals surface area contributed by atoms with Crippen molar-refractivity contribution < 1.29 is 9.13 Å². The van der Waals surface area contributed by atoms with Crippen molar-refractivity contribution in [3.05, 3.63) is 29.1 Å². The second-order valence-corrected chi connectivity index (χ2v) is 2.80. The molecule has 0 aliphatic carbocycles. The predicted molar refractivity (Wildman–Crippen MR) is 58.4 cm³/mol. The maximum atomic E-state index is 13.0. The zero-order valence-corrected chi connectivity index (χ0v) is 9.65. The number of hydrogen-bond donors (Lipinski definition) is 0. The molecule has 0 aliphatic rings. The third kappa shape index (κ3) is 3.36. The summed E-state index contributed by atoms with van der Waals surface area (Å²) in [5.74, 6) is 0.435. The summed E-state index contributed by atoms with van der Waals surface area (Å²) >= 11 is 0. The molecule has 1 aromatic carbocycles. The summed E-state index contributed by atoms with van der Waals surface area (Å²) in [6.45, 7) is 10.1. The Kier molecular flexibility index (Phi) is 5.93. The third-order valence-corrected chi connectivity index (χ3v) is 1.76. The average molecular weight is 198 g/mol. The van der Waals surface area contributed by atoms with E-state index in [0.717, 1.165) is 5.56 Å². The van der Waals surface area contributed by atoms with Gasteiger partial charge < -0.3 is 4.74 Å². The Morgan fingerprint density at radius 1 is 1.14 bits per heavy atom. The molecule has 0 N–H and O–H groups in total. The topological polar surface area (TPSA) is 9.23 Å². The van der Waals surface area contributed by atoms with E-state index in [9.17, 15) is 4.39 Å². The van der Waals surface area contributed by atoms with Gasteiger partial charge in [0, 0.05) is 6.07 Å². The molecule has 0 saturated heterocycles. The monoisotopic (exact) mass is 198 g/mol. The summed E-state index contributed by atoms with van der Waals surface area (Å²) in [6.07, 6.45) is 0. The highest BCUT2D eigenvalue weighted by atomic mass is 19.1. The highest BCUT2D eigenvalue weighted by Crippen LogP contribution is 2.21. The molecule has 0 heterocycles. The summed E-state index contributed by atoms with van der Waals surface area (Å²) in [7, 11) is 0. The van der Waals surface area contributed by atoms with Crippen molar-refractivity contribution in [1.82, 2.24) is 0 Å². The van der Waals surface area contributed by atoms with Gasteiger partial charge in [-0.2, -0.15) is 0 Å². The third-order valence-electron chi connectivity index (χ3n) is 1.76. The minimum atomic E-state index is -0.205. The highest BCUT2D eigenvalue weighted by molar-refractivity contribution is 5.36. The van der Waals surface area contributed by atoms with E-state index in [-0.39, 0.29) is 5.82 Å². The van der Waals surface area contributed by atoms with E-state index in [1.54, 1.807) is 13.0 Å². The Labute approximate surface area is 85.9 Å². The summed E-state index contributed by atoms with van der Waals surface area (Å²) < 4.78 is 18.2. The fourth-order valence-electron chi connectivity index (χ4n) is 1.12. The summed E-state index contributed by atoms with van der Waals surface area (Å²) in [5, 5.41) is 0. The van der Waals surface area contributed by atoms with Crippen molar-refractivity contribution in [3.8, 4) is 5.75 Å². The zero-order chi connectivity index (χ0) is 11.1. The number of rotatable bonds is 2. The summed E-state index contributed by atoms with van der Waals surface area (Å²) in [6, 6.07) is 3.23. The molecular formula is C12H19FO. The number of hydrogen-bond acceptors (Lipinski definition) is 1. The van der Waals surface area contributed by atoms with Crippen LogP contribution in [-0.4, -0.2) is 6.61 Å². The first-order valence-electron chi connectivity index (χ1n) is 5.04. The molecule has 0 fully saturated rings. The maximum Gasteiger partial charge on any atom is 0.129 e. The molecule has 0 bridgehead atoms. The van der Waals surface area contributed by atoms with Gasteiger partial charge in [0.25, 0.3) is 0 Å². The molecule has 1 nitrogen and oxygen atoms in total. The van der Waals surface area contributed by atoms with E-state index >= 15 is 0 Å². The molecule has 1 rings (SSSR count). The Morgan fingerprint density at radius 2 is 1.71 bits per heavy atom. The van der Waals surface area contributed by atoms with Gasteiger partial charge in [-0.25, -0.2) is 4.39 Å². The lowest BCUT2D eigenvalue weighted by Crippen LogP contribution is -1.95. The van der Waals surface area contributed by atoms with Crippen LogP contribution in [0.5, 0.6) is 5.75 Å². The van der Waals surface area contributed by atoms with Gasteiger partial charge in [0.2, 0.25) is 0 Å². The molecule has 14 heavy (non-hydrogen) atoms. The van der Waals surface area contributed by atoms with E-state index in [4.69, 9.17) is 4.74 Å². The Bertz CT molecular complexity index is 282. The minimum Gasteiger partial charge on any atom is -0.494 e. The van der Waals surface area contributed by atoms with Crippen LogP contribution in [0.1, 0.15) is 31.9 Å². The lowest BCUT2D eigenvalue weighted by Gasteiger charge is -2.07. The number of ether oxygens (including phenoxy) is 1. The Balaban J connectivity index is 0.000000791. The number of benzene rings is 1. The van der Waals surface area contributed by atoms with Gasteiger partial charge in [0.15, 0.2) is 0 Å². The van der Waals surface area contributed by atoms with Crippen molar-refractivity contribution in [2.75, 3.05) is 6.61 Å². The first kappa shape index (κ1) is 12.9. The van der Waals surface area contributed by atoms with Gasteiger partial charge in [-0.1, -0.05) is 13.8 Å². The summed E-state index contributed by atoms with van der Waals surface area (Å²) in [4.78, 5) is 0. The van der Waals surface area contributed by atoms with Crippen molar-refractivity contribution in [2.45, 2.75) is 34.6 Å². The van der Waals surface area contributed by atoms with Crippen molar-refractivity contribution in [2.24, 2.45) is 0 Å². The maximum absolute atomic E-state index is 13.0. The molecule has 0 radical (unpaired) electrons. The number of halogens is 1. The van der Waals surface area contributed by atoms with Crippen LogP contribution in [0.3, 0.4) is 0 Å². The van der Waals surface area contributed by atoms with Crippen LogP contribution in [0.15, 0.2) is 12.1 Å². The van der Waals surface area contributed by atoms with E-state index in [1.807, 2.05) is 27.7 Å². The Hall–Kier alpha value is -1.05. The standard InChI is InChI=1S/C10H13FO.C2H6/c1-4-12-10-6-9(11)7(2)5-8(10)3;1-2/h5-6H,4H2,1-3H3;1-2H3. The van der Waals surface area contributed by atoms with Gasteiger partial charge in [0.1, 0.15) is 11.6 Å². The molecule has 80 valence electrons. The minimum absolute atomic E-state index is 0.205. The van der Waals surface area contributed by atoms with Crippen molar-refractivity contribution >= 4 is 0 Å². The smallest absolute Gasteiger partial charge is 0.129 e. The molecule has 0 saturated carbocycles. The normalized spacial score (nSPS) is 9.00. The van der Waals surface area contributed by atoms with Crippen LogP contribution in [0.25, 0.3) is 0 Å². The highest BCUT2D eigenvalue weighted by Gasteiger charge is 2.03. The average Bonchev–Trinajstić information content (AvgIpc) is 2.18. The molecule has 0 unspecified atom stereocenters. The van der Waals surface area contributed by atoms with Crippen LogP contribution in [0, 0.1) is 19.7 Å². The lowest BCUT2D eigenvalue weighted by molar-refractivity contribution is 0.335. The van der Waals surface area contributed by atoms with Crippen LogP contribution in [-0.2, 0) is 0 Å². The van der Waals surface area contributed by atoms with E-state index in [0.29, 0.717) is 17.9 Å². The van der Waals surface area contributed by atoms with Gasteiger partial charge in [-0.15, -0.1) is 0 Å². The quantitative estimate of drug-likeness (QED) is 0.701. The van der Waals surface area contributed by atoms with Gasteiger partial charge in [-0.05, 0) is 38.0 Å². The van der Waals surface area contributed by atoms with Gasteiger partial charge >= 0.3 is 0 Å². The van der Waals surface area contributed by atoms with E-state index in [1.165, 1.54) is 6.07 Å². The predicted octanol–water partition coefficient (Wildman–Crippen LogP) is 3.87. The van der Waals surface area contributed by atoms with Crippen LogP contribution < -0.4 is 4.74 Å². The van der Waals surface area contributed by atoms with Crippen LogP contribution in [0.2, 0.25) is 0 Å². The van der Waals surface area contributed by atoms with Crippen molar-refractivity contribution in [3.63, 3.8) is 0 Å². The van der Waals surface area contributed by atoms with Crippen LogP contribution in [0.4, 0.5) is 4.39 Å². The molecule has 0 spiro atoms. The molecule has 1 aromatic rings. The molecule has 2 heteroatoms. The second-order valence-electron chi connectivity index (χ2n) is 2.80. The zero-order valence-electron chi connectivity index (χ0n) is 9.65. The van der Waals surface area contributed by atoms with Gasteiger partial charge in [-0.3, -0.25) is 0 Å². The number of aryl methyl sites for hydroxylation is 2. The fourth-order valence-corrected chi connectivity index (χ4v) is 1.12. The molecule has 0 aliphatic heterocycles. The molecule has 0 aromatic heterocycles. The van der Waals surface area contributed by atoms with Crippen LogP contribution >= 0.6 is 0 Å². The second kappa shape index (κ2) is 6.41. The molecular weight excluding hydrogens is 179 g/mol. The first-order chi connectivity index (χ1) is 6.65. The Morgan fingerprint density at radius 3 is 2.21 bits per heavy atom. The van der Waals surface area contributed by atoms with E-state index in [2.05, 4.69) is 0 Å². The first-order valence-corrected chi connectivity index (χ1v) is 5.04. The lowest BCUT2D eigenvalue weighted by atomic mass is 10.1. The molecule has 0 atom stereocenters. The fraction of sp³-hybridized carbons (Fsp3) is 0.500. The largest absolute Gasteiger partial charge is 0.494 e. The summed E-state index contributed by atoms with van der Waals surface area (Å²) in [5.41, 5.74) is 1.65. The van der Waals surface area contributed by atoms with E-state index < -0.39 is 0 Å². The molecule has 0 amide bonds. The SMILES string of the molecule is CC.CCOc1cc(F)c(C)cc1C. The van der Waals surface area contributed by atoms with Gasteiger partial charge in [0.05, 0.1) is 6.61 Å².